The van der Waals surface area contributed by atoms with Crippen molar-refractivity contribution < 1.29 is 9.59 Å². The molecule has 9 nitrogen and oxygen atoms in total. The molecular weight excluding hydrogens is 394 g/mol. The molecule has 0 radical (unpaired) electrons. The summed E-state index contributed by atoms with van der Waals surface area (Å²) in [5.74, 6) is 1.11. The maximum absolute atomic E-state index is 12.9. The molecule has 2 aliphatic rings. The molecule has 1 aromatic heterocycles. The Bertz CT molecular complexity index is 1000. The predicted octanol–water partition coefficient (Wildman–Crippen LogP) is 4.04. The zero-order valence-corrected chi connectivity index (χ0v) is 18.5. The number of amides is 3. The minimum atomic E-state index is -0.104. The Morgan fingerprint density at radius 3 is 2.65 bits per heavy atom. The molecular formula is C22H29N7O2. The quantitative estimate of drug-likeness (QED) is 0.754. The van der Waals surface area contributed by atoms with Gasteiger partial charge in [-0.05, 0) is 50.5 Å². The Morgan fingerprint density at radius 1 is 1.26 bits per heavy atom. The van der Waals surface area contributed by atoms with Crippen molar-refractivity contribution in [3.63, 3.8) is 0 Å². The summed E-state index contributed by atoms with van der Waals surface area (Å²) < 4.78 is 0. The van der Waals surface area contributed by atoms with Crippen LogP contribution in [0.15, 0.2) is 24.4 Å². The molecule has 0 atom stereocenters. The Labute approximate surface area is 182 Å². The van der Waals surface area contributed by atoms with Crippen LogP contribution in [0.25, 0.3) is 0 Å². The second kappa shape index (κ2) is 8.41. The third-order valence-electron chi connectivity index (χ3n) is 5.86. The average Bonchev–Trinajstić information content (AvgIpc) is 3.26. The fourth-order valence-corrected chi connectivity index (χ4v) is 4.32. The number of anilines is 5. The summed E-state index contributed by atoms with van der Waals surface area (Å²) in [7, 11) is 1.76. The normalized spacial score (nSPS) is 16.5. The van der Waals surface area contributed by atoms with Gasteiger partial charge >= 0.3 is 6.03 Å². The van der Waals surface area contributed by atoms with Gasteiger partial charge in [-0.15, -0.1) is 0 Å². The molecule has 1 aliphatic carbocycles. The smallest absolute Gasteiger partial charge is 0.326 e. The van der Waals surface area contributed by atoms with Crippen molar-refractivity contribution in [1.82, 2.24) is 15.0 Å². The summed E-state index contributed by atoms with van der Waals surface area (Å²) in [5, 5.41) is 9.93. The van der Waals surface area contributed by atoms with Crippen LogP contribution >= 0.6 is 0 Å². The van der Waals surface area contributed by atoms with Gasteiger partial charge in [0.25, 0.3) is 0 Å². The van der Waals surface area contributed by atoms with E-state index in [9.17, 15) is 9.59 Å². The second-order valence-electron chi connectivity index (χ2n) is 8.08. The van der Waals surface area contributed by atoms with Gasteiger partial charge in [0, 0.05) is 31.9 Å². The molecule has 31 heavy (non-hydrogen) atoms. The molecule has 9 heteroatoms. The van der Waals surface area contributed by atoms with Crippen molar-refractivity contribution in [2.45, 2.75) is 52.5 Å². The average molecular weight is 424 g/mol. The number of hydrazine groups is 1. The fourth-order valence-electron chi connectivity index (χ4n) is 4.32. The van der Waals surface area contributed by atoms with Gasteiger partial charge < -0.3 is 10.6 Å². The third kappa shape index (κ3) is 3.99. The Kier molecular flexibility index (Phi) is 5.67. The summed E-state index contributed by atoms with van der Waals surface area (Å²) in [5.41, 5.74) is 3.25. The highest BCUT2D eigenvalue weighted by atomic mass is 16.2. The molecule has 0 spiro atoms. The standard InChI is InChI=1S/C22H29N7O2/c1-5-28-22(31)27(4)19-13-23-21(26-20(19)29(28)17-8-6-7-9-17)25-16-10-11-18(14(2)12-16)24-15(3)30/h10-13,17H,5-9H2,1-4H3,(H,24,30)(H,23,25,26). The highest BCUT2D eigenvalue weighted by Crippen LogP contribution is 2.38. The lowest BCUT2D eigenvalue weighted by atomic mass is 10.1. The third-order valence-corrected chi connectivity index (χ3v) is 5.86. The molecule has 4 rings (SSSR count). The lowest BCUT2D eigenvalue weighted by Gasteiger charge is -2.45. The molecule has 0 saturated heterocycles. The van der Waals surface area contributed by atoms with Crippen LogP contribution in [0.5, 0.6) is 0 Å². The summed E-state index contributed by atoms with van der Waals surface area (Å²) in [6.07, 6.45) is 6.12. The van der Waals surface area contributed by atoms with Gasteiger partial charge in [0.15, 0.2) is 5.82 Å². The number of urea groups is 1. The Hall–Kier alpha value is -3.36. The molecule has 1 aliphatic heterocycles. The second-order valence-corrected chi connectivity index (χ2v) is 8.08. The van der Waals surface area contributed by atoms with Crippen LogP contribution in [0.1, 0.15) is 45.1 Å². The molecule has 2 heterocycles. The van der Waals surface area contributed by atoms with E-state index in [-0.39, 0.29) is 18.0 Å². The number of hydrogen-bond donors (Lipinski definition) is 2. The van der Waals surface area contributed by atoms with Gasteiger partial charge in [-0.1, -0.05) is 12.8 Å². The number of carbonyl (C=O) groups excluding carboxylic acids is 2. The number of benzene rings is 1. The first-order chi connectivity index (χ1) is 14.9. The lowest BCUT2D eigenvalue weighted by molar-refractivity contribution is -0.114. The monoisotopic (exact) mass is 423 g/mol. The van der Waals surface area contributed by atoms with Gasteiger partial charge in [0.1, 0.15) is 5.69 Å². The number of nitrogens with zero attached hydrogens (tertiary/aromatic N) is 5. The molecule has 1 fully saturated rings. The molecule has 3 amide bonds. The number of aryl methyl sites for hydroxylation is 1. The maximum Gasteiger partial charge on any atom is 0.343 e. The van der Waals surface area contributed by atoms with E-state index >= 15 is 0 Å². The molecule has 1 aromatic carbocycles. The Balaban J connectivity index is 1.66. The van der Waals surface area contributed by atoms with Crippen molar-refractivity contribution in [2.75, 3.05) is 34.1 Å². The number of fused-ring (bicyclic) bond motifs is 1. The molecule has 0 bridgehead atoms. The number of carbonyl (C=O) groups is 2. The van der Waals surface area contributed by atoms with Crippen LogP contribution in [0.4, 0.5) is 33.6 Å². The van der Waals surface area contributed by atoms with Crippen LogP contribution in [-0.4, -0.2) is 46.5 Å². The Morgan fingerprint density at radius 2 is 2.00 bits per heavy atom. The number of nitrogens with one attached hydrogen (secondary N) is 2. The summed E-state index contributed by atoms with van der Waals surface area (Å²) in [6, 6.07) is 5.88. The maximum atomic E-state index is 12.9. The number of hydrogen-bond acceptors (Lipinski definition) is 6. The van der Waals surface area contributed by atoms with Crippen LogP contribution < -0.4 is 20.5 Å². The van der Waals surface area contributed by atoms with E-state index in [0.29, 0.717) is 18.2 Å². The van der Waals surface area contributed by atoms with Crippen LogP contribution in [-0.2, 0) is 4.79 Å². The van der Waals surface area contributed by atoms with Gasteiger partial charge in [-0.3, -0.25) is 14.7 Å². The van der Waals surface area contributed by atoms with Crippen molar-refractivity contribution in [3.05, 3.63) is 30.0 Å². The van der Waals surface area contributed by atoms with Crippen molar-refractivity contribution >= 4 is 40.8 Å². The van der Waals surface area contributed by atoms with Crippen molar-refractivity contribution in [3.8, 4) is 0 Å². The van der Waals surface area contributed by atoms with Crippen molar-refractivity contribution in [1.29, 1.82) is 0 Å². The van der Waals surface area contributed by atoms with E-state index in [2.05, 4.69) is 20.6 Å². The van der Waals surface area contributed by atoms with Crippen LogP contribution in [0.2, 0.25) is 0 Å². The summed E-state index contributed by atoms with van der Waals surface area (Å²) in [6.45, 7) is 5.99. The zero-order valence-electron chi connectivity index (χ0n) is 18.5. The first-order valence-electron chi connectivity index (χ1n) is 10.8. The van der Waals surface area contributed by atoms with E-state index in [1.54, 1.807) is 23.2 Å². The number of rotatable bonds is 5. The highest BCUT2D eigenvalue weighted by molar-refractivity contribution is 5.98. The largest absolute Gasteiger partial charge is 0.343 e. The summed E-state index contributed by atoms with van der Waals surface area (Å²) in [4.78, 5) is 35.1. The van der Waals surface area contributed by atoms with Crippen LogP contribution in [0, 0.1) is 6.92 Å². The van der Waals surface area contributed by atoms with Gasteiger partial charge in [0.05, 0.1) is 12.2 Å². The molecule has 164 valence electrons. The topological polar surface area (TPSA) is 93.7 Å². The molecule has 1 saturated carbocycles. The predicted molar refractivity (Wildman–Crippen MR) is 122 cm³/mol. The van der Waals surface area contributed by atoms with E-state index < -0.39 is 0 Å². The van der Waals surface area contributed by atoms with E-state index in [0.717, 1.165) is 48.4 Å². The SMILES string of the molecule is CCN1C(=O)N(C)c2cnc(Nc3ccc(NC(C)=O)c(C)c3)nc2N1C1CCCC1. The van der Waals surface area contributed by atoms with Crippen molar-refractivity contribution in [2.24, 2.45) is 0 Å². The zero-order chi connectivity index (χ0) is 22.1. The van der Waals surface area contributed by atoms with E-state index in [1.807, 2.05) is 32.0 Å². The first kappa shape index (κ1) is 20.9. The van der Waals surface area contributed by atoms with E-state index in [1.165, 1.54) is 6.92 Å². The summed E-state index contributed by atoms with van der Waals surface area (Å²) >= 11 is 0. The van der Waals surface area contributed by atoms with E-state index in [4.69, 9.17) is 4.98 Å². The number of aromatic nitrogens is 2. The van der Waals surface area contributed by atoms with Crippen LogP contribution in [0.3, 0.4) is 0 Å². The van der Waals surface area contributed by atoms with Gasteiger partial charge in [-0.25, -0.2) is 14.8 Å². The van der Waals surface area contributed by atoms with Gasteiger partial charge in [0.2, 0.25) is 11.9 Å². The lowest BCUT2D eigenvalue weighted by Crippen LogP contribution is -2.59. The molecule has 2 aromatic rings. The molecule has 0 unspecified atom stereocenters. The fraction of sp³-hybridized carbons (Fsp3) is 0.455. The molecule has 2 N–H and O–H groups in total. The minimum Gasteiger partial charge on any atom is -0.326 e. The van der Waals surface area contributed by atoms with Gasteiger partial charge in [-0.2, -0.15) is 4.98 Å². The first-order valence-corrected chi connectivity index (χ1v) is 10.8. The minimum absolute atomic E-state index is 0.0598. The highest BCUT2D eigenvalue weighted by Gasteiger charge is 2.39.